The summed E-state index contributed by atoms with van der Waals surface area (Å²) in [5, 5.41) is 6.95. The Kier molecular flexibility index (Phi) is 4.42. The van der Waals surface area contributed by atoms with Gasteiger partial charge in [0.15, 0.2) is 0 Å². The lowest BCUT2D eigenvalue weighted by Gasteiger charge is -2.10. The molecule has 0 aliphatic carbocycles. The largest absolute Gasteiger partial charge is 0.385 e. The summed E-state index contributed by atoms with van der Waals surface area (Å²) in [5.74, 6) is 0. The smallest absolute Gasteiger partial charge is 0.0437 e. The van der Waals surface area contributed by atoms with E-state index < -0.39 is 0 Å². The van der Waals surface area contributed by atoms with Crippen LogP contribution in [-0.2, 0) is 6.42 Å². The van der Waals surface area contributed by atoms with Gasteiger partial charge in [-0.3, -0.25) is 0 Å². The Balaban J connectivity index is 1.61. The van der Waals surface area contributed by atoms with E-state index in [2.05, 4.69) is 53.8 Å². The van der Waals surface area contributed by atoms with Crippen LogP contribution in [0.25, 0.3) is 10.8 Å². The molecule has 2 heteroatoms. The first kappa shape index (κ1) is 14.0. The summed E-state index contributed by atoms with van der Waals surface area (Å²) >= 11 is 6.18. The van der Waals surface area contributed by atoms with E-state index in [0.717, 1.165) is 24.4 Å². The van der Waals surface area contributed by atoms with Crippen molar-refractivity contribution in [3.63, 3.8) is 0 Å². The van der Waals surface area contributed by atoms with Crippen LogP contribution in [-0.4, -0.2) is 6.54 Å². The quantitative estimate of drug-likeness (QED) is 0.610. The van der Waals surface area contributed by atoms with Crippen molar-refractivity contribution in [3.8, 4) is 0 Å². The van der Waals surface area contributed by atoms with Gasteiger partial charge >= 0.3 is 0 Å². The third-order valence-corrected chi connectivity index (χ3v) is 4.05. The molecule has 0 radical (unpaired) electrons. The van der Waals surface area contributed by atoms with Crippen molar-refractivity contribution in [2.24, 2.45) is 0 Å². The van der Waals surface area contributed by atoms with Crippen molar-refractivity contribution in [2.75, 3.05) is 11.9 Å². The van der Waals surface area contributed by atoms with Crippen LogP contribution in [0.2, 0.25) is 5.02 Å². The highest BCUT2D eigenvalue weighted by atomic mass is 35.5. The summed E-state index contributed by atoms with van der Waals surface area (Å²) < 4.78 is 0. The lowest BCUT2D eigenvalue weighted by Crippen LogP contribution is -2.03. The second-order valence-corrected chi connectivity index (χ2v) is 5.56. The zero-order valence-corrected chi connectivity index (χ0v) is 12.6. The molecule has 0 aliphatic rings. The number of nitrogens with one attached hydrogen (secondary N) is 1. The van der Waals surface area contributed by atoms with Crippen LogP contribution in [0.5, 0.6) is 0 Å². The summed E-state index contributed by atoms with van der Waals surface area (Å²) in [4.78, 5) is 0. The minimum absolute atomic E-state index is 0.864. The van der Waals surface area contributed by atoms with Gasteiger partial charge in [0, 0.05) is 22.6 Å². The number of benzene rings is 3. The zero-order chi connectivity index (χ0) is 14.5. The van der Waals surface area contributed by atoms with Crippen molar-refractivity contribution in [1.29, 1.82) is 0 Å². The van der Waals surface area contributed by atoms with Gasteiger partial charge < -0.3 is 5.32 Å². The number of hydrogen-bond acceptors (Lipinski definition) is 1. The SMILES string of the molecule is Clc1ccccc1CCCNc1cccc2ccccc12. The summed E-state index contributed by atoms with van der Waals surface area (Å²) in [5.41, 5.74) is 2.42. The predicted octanol–water partition coefficient (Wildman–Crippen LogP) is 5.54. The summed E-state index contributed by atoms with van der Waals surface area (Å²) in [6, 6.07) is 22.9. The third-order valence-electron chi connectivity index (χ3n) is 3.69. The molecule has 1 nitrogen and oxygen atoms in total. The van der Waals surface area contributed by atoms with Crippen molar-refractivity contribution in [1.82, 2.24) is 0 Å². The molecular formula is C19H18ClN. The Morgan fingerprint density at radius 3 is 2.48 bits per heavy atom. The highest BCUT2D eigenvalue weighted by molar-refractivity contribution is 6.31. The molecule has 1 N–H and O–H groups in total. The van der Waals surface area contributed by atoms with Crippen molar-refractivity contribution in [2.45, 2.75) is 12.8 Å². The molecule has 0 saturated heterocycles. The molecule has 0 atom stereocenters. The van der Waals surface area contributed by atoms with Gasteiger partial charge in [0.05, 0.1) is 0 Å². The maximum atomic E-state index is 6.18. The maximum Gasteiger partial charge on any atom is 0.0437 e. The van der Waals surface area contributed by atoms with E-state index >= 15 is 0 Å². The topological polar surface area (TPSA) is 12.0 Å². The van der Waals surface area contributed by atoms with Gasteiger partial charge in [0.2, 0.25) is 0 Å². The number of aryl methyl sites for hydroxylation is 1. The van der Waals surface area contributed by atoms with Gasteiger partial charge in [-0.1, -0.05) is 66.2 Å². The molecule has 0 heterocycles. The van der Waals surface area contributed by atoms with Gasteiger partial charge in [-0.05, 0) is 35.9 Å². The molecule has 0 fully saturated rings. The van der Waals surface area contributed by atoms with E-state index in [1.165, 1.54) is 22.0 Å². The highest BCUT2D eigenvalue weighted by Gasteiger charge is 2.01. The standard InChI is InChI=1S/C19H18ClN/c20-18-12-4-2-8-16(18)10-6-14-21-19-13-5-9-15-7-1-3-11-17(15)19/h1-5,7-9,11-13,21H,6,10,14H2. The van der Waals surface area contributed by atoms with Crippen LogP contribution >= 0.6 is 11.6 Å². The lowest BCUT2D eigenvalue weighted by molar-refractivity contribution is 0.864. The monoisotopic (exact) mass is 295 g/mol. The van der Waals surface area contributed by atoms with Crippen LogP contribution in [0.4, 0.5) is 5.69 Å². The molecule has 0 aliphatic heterocycles. The van der Waals surface area contributed by atoms with E-state index in [0.29, 0.717) is 0 Å². The number of anilines is 1. The molecular weight excluding hydrogens is 278 g/mol. The second-order valence-electron chi connectivity index (χ2n) is 5.15. The lowest BCUT2D eigenvalue weighted by atomic mass is 10.1. The summed E-state index contributed by atoms with van der Waals surface area (Å²) in [6.45, 7) is 0.944. The molecule has 0 aromatic heterocycles. The van der Waals surface area contributed by atoms with E-state index in [-0.39, 0.29) is 0 Å². The van der Waals surface area contributed by atoms with Gasteiger partial charge in [-0.25, -0.2) is 0 Å². The minimum atomic E-state index is 0.864. The Morgan fingerprint density at radius 1 is 0.810 bits per heavy atom. The molecule has 0 bridgehead atoms. The normalized spacial score (nSPS) is 10.7. The number of rotatable bonds is 5. The average molecular weight is 296 g/mol. The average Bonchev–Trinajstić information content (AvgIpc) is 2.53. The van der Waals surface area contributed by atoms with E-state index in [1.807, 2.05) is 18.2 Å². The van der Waals surface area contributed by atoms with Crippen molar-refractivity contribution in [3.05, 3.63) is 77.3 Å². The molecule has 0 spiro atoms. The first-order chi connectivity index (χ1) is 10.3. The first-order valence-corrected chi connectivity index (χ1v) is 7.67. The Labute approximate surface area is 130 Å². The Bertz CT molecular complexity index is 731. The first-order valence-electron chi connectivity index (χ1n) is 7.29. The number of hydrogen-bond donors (Lipinski definition) is 1. The number of fused-ring (bicyclic) bond motifs is 1. The van der Waals surface area contributed by atoms with Crippen molar-refractivity contribution >= 4 is 28.1 Å². The fourth-order valence-electron chi connectivity index (χ4n) is 2.58. The van der Waals surface area contributed by atoms with Crippen LogP contribution in [0.3, 0.4) is 0 Å². The maximum absolute atomic E-state index is 6.18. The molecule has 21 heavy (non-hydrogen) atoms. The second kappa shape index (κ2) is 6.64. The summed E-state index contributed by atoms with van der Waals surface area (Å²) in [7, 11) is 0. The minimum Gasteiger partial charge on any atom is -0.385 e. The Hall–Kier alpha value is -1.99. The fraction of sp³-hybridized carbons (Fsp3) is 0.158. The van der Waals surface area contributed by atoms with E-state index in [1.54, 1.807) is 0 Å². The van der Waals surface area contributed by atoms with Crippen LogP contribution in [0.1, 0.15) is 12.0 Å². The van der Waals surface area contributed by atoms with Gasteiger partial charge in [-0.2, -0.15) is 0 Å². The van der Waals surface area contributed by atoms with Crippen LogP contribution < -0.4 is 5.32 Å². The highest BCUT2D eigenvalue weighted by Crippen LogP contribution is 2.23. The van der Waals surface area contributed by atoms with E-state index in [9.17, 15) is 0 Å². The van der Waals surface area contributed by atoms with Crippen LogP contribution in [0.15, 0.2) is 66.7 Å². The van der Waals surface area contributed by atoms with Crippen molar-refractivity contribution < 1.29 is 0 Å². The molecule has 3 aromatic rings. The molecule has 0 unspecified atom stereocenters. The van der Waals surface area contributed by atoms with Crippen LogP contribution in [0, 0.1) is 0 Å². The number of halogens is 1. The third kappa shape index (κ3) is 3.37. The zero-order valence-electron chi connectivity index (χ0n) is 11.9. The fourth-order valence-corrected chi connectivity index (χ4v) is 2.81. The molecule has 0 amide bonds. The molecule has 106 valence electrons. The summed E-state index contributed by atoms with van der Waals surface area (Å²) in [6.07, 6.45) is 2.06. The molecule has 0 saturated carbocycles. The molecule has 3 rings (SSSR count). The van der Waals surface area contributed by atoms with Gasteiger partial charge in [0.1, 0.15) is 0 Å². The predicted molar refractivity (Wildman–Crippen MR) is 92.2 cm³/mol. The van der Waals surface area contributed by atoms with E-state index in [4.69, 9.17) is 11.6 Å². The Morgan fingerprint density at radius 2 is 1.57 bits per heavy atom. The van der Waals surface area contributed by atoms with Gasteiger partial charge in [0.25, 0.3) is 0 Å². The molecule has 3 aromatic carbocycles. The van der Waals surface area contributed by atoms with Gasteiger partial charge in [-0.15, -0.1) is 0 Å².